The number of methoxy groups -OCH3 is 2. The van der Waals surface area contributed by atoms with E-state index in [1.807, 2.05) is 13.0 Å². The molecule has 0 aliphatic rings. The van der Waals surface area contributed by atoms with Crippen LogP contribution >= 0.6 is 23.2 Å². The molecule has 0 aliphatic heterocycles. The summed E-state index contributed by atoms with van der Waals surface area (Å²) in [5.74, 6) is 0. The van der Waals surface area contributed by atoms with E-state index in [0.717, 1.165) is 12.0 Å². The Bertz CT molecular complexity index is 372. The zero-order chi connectivity index (χ0) is 14.3. The molecule has 0 N–H and O–H groups in total. The van der Waals surface area contributed by atoms with E-state index in [-0.39, 0.29) is 0 Å². The van der Waals surface area contributed by atoms with Crippen LogP contribution in [0.1, 0.15) is 18.9 Å². The number of benzene rings is 1. The van der Waals surface area contributed by atoms with Gasteiger partial charge < -0.3 is 14.2 Å². The number of ether oxygens (including phenoxy) is 3. The smallest absolute Gasteiger partial charge is 0.114 e. The molecule has 0 aliphatic carbocycles. The van der Waals surface area contributed by atoms with E-state index < -0.39 is 5.60 Å². The van der Waals surface area contributed by atoms with Gasteiger partial charge in [-0.25, -0.2) is 0 Å². The normalized spacial score (nSPS) is 14.4. The molecule has 1 aromatic rings. The molecular weight excluding hydrogens is 287 g/mol. The van der Waals surface area contributed by atoms with Crippen LogP contribution in [0.4, 0.5) is 0 Å². The summed E-state index contributed by atoms with van der Waals surface area (Å²) < 4.78 is 16.4. The van der Waals surface area contributed by atoms with Crippen molar-refractivity contribution in [2.45, 2.75) is 25.6 Å². The summed E-state index contributed by atoms with van der Waals surface area (Å²) in [7, 11) is 3.31. The molecule has 1 aromatic carbocycles. The van der Waals surface area contributed by atoms with Crippen LogP contribution in [0.3, 0.4) is 0 Å². The second-order valence-corrected chi connectivity index (χ2v) is 5.18. The van der Waals surface area contributed by atoms with Gasteiger partial charge in [-0.1, -0.05) is 36.2 Å². The van der Waals surface area contributed by atoms with Crippen LogP contribution in [-0.2, 0) is 20.8 Å². The molecule has 0 radical (unpaired) electrons. The first-order valence-electron chi connectivity index (χ1n) is 6.13. The quantitative estimate of drug-likeness (QED) is 0.728. The minimum absolute atomic E-state index is 0.354. The van der Waals surface area contributed by atoms with E-state index in [0.29, 0.717) is 29.9 Å². The van der Waals surface area contributed by atoms with Gasteiger partial charge >= 0.3 is 0 Å². The molecular formula is C14H20Cl2O3. The number of hydrogen-bond acceptors (Lipinski definition) is 3. The van der Waals surface area contributed by atoms with Crippen molar-refractivity contribution in [1.29, 1.82) is 0 Å². The Kier molecular flexibility index (Phi) is 7.11. The number of hydrogen-bond donors (Lipinski definition) is 0. The zero-order valence-corrected chi connectivity index (χ0v) is 13.1. The first kappa shape index (κ1) is 16.7. The topological polar surface area (TPSA) is 27.7 Å². The standard InChI is InChI=1S/C14H20Cl2O3/c1-4-14(18-3,9-17-2)10-19-8-11-12(15)6-5-7-13(11)16/h5-7H,4,8-10H2,1-3H3. The molecule has 1 atom stereocenters. The average Bonchev–Trinajstić information content (AvgIpc) is 2.41. The first-order valence-corrected chi connectivity index (χ1v) is 6.89. The van der Waals surface area contributed by atoms with Crippen LogP contribution in [0.15, 0.2) is 18.2 Å². The molecule has 0 saturated heterocycles. The van der Waals surface area contributed by atoms with Crippen molar-refractivity contribution in [1.82, 2.24) is 0 Å². The third-order valence-electron chi connectivity index (χ3n) is 3.16. The van der Waals surface area contributed by atoms with E-state index in [1.54, 1.807) is 26.4 Å². The van der Waals surface area contributed by atoms with Crippen LogP contribution in [-0.4, -0.2) is 33.0 Å². The summed E-state index contributed by atoms with van der Waals surface area (Å²) in [6, 6.07) is 5.40. The zero-order valence-electron chi connectivity index (χ0n) is 11.5. The minimum atomic E-state index is -0.428. The Morgan fingerprint density at radius 2 is 1.74 bits per heavy atom. The third kappa shape index (κ3) is 4.62. The SMILES string of the molecule is CCC(COC)(COCc1c(Cl)cccc1Cl)OC. The molecule has 5 heteroatoms. The van der Waals surface area contributed by atoms with E-state index >= 15 is 0 Å². The lowest BCUT2D eigenvalue weighted by atomic mass is 10.0. The molecule has 1 rings (SSSR count). The Morgan fingerprint density at radius 3 is 2.21 bits per heavy atom. The summed E-state index contributed by atoms with van der Waals surface area (Å²) in [5, 5.41) is 1.22. The molecule has 0 aromatic heterocycles. The monoisotopic (exact) mass is 306 g/mol. The van der Waals surface area contributed by atoms with Gasteiger partial charge in [-0.15, -0.1) is 0 Å². The van der Waals surface area contributed by atoms with Crippen LogP contribution in [0.25, 0.3) is 0 Å². The van der Waals surface area contributed by atoms with Gasteiger partial charge in [0.1, 0.15) is 5.60 Å². The van der Waals surface area contributed by atoms with Gasteiger partial charge in [0.2, 0.25) is 0 Å². The molecule has 0 spiro atoms. The van der Waals surface area contributed by atoms with Gasteiger partial charge in [0.05, 0.1) is 19.8 Å². The van der Waals surface area contributed by atoms with Crippen molar-refractivity contribution < 1.29 is 14.2 Å². The highest BCUT2D eigenvalue weighted by atomic mass is 35.5. The van der Waals surface area contributed by atoms with Crippen LogP contribution < -0.4 is 0 Å². The maximum absolute atomic E-state index is 6.09. The average molecular weight is 307 g/mol. The van der Waals surface area contributed by atoms with Crippen molar-refractivity contribution in [2.75, 3.05) is 27.4 Å². The second-order valence-electron chi connectivity index (χ2n) is 4.37. The summed E-state index contributed by atoms with van der Waals surface area (Å²) in [6.45, 7) is 3.30. The summed E-state index contributed by atoms with van der Waals surface area (Å²) in [5.41, 5.74) is 0.368. The lowest BCUT2D eigenvalue weighted by Gasteiger charge is -2.30. The van der Waals surface area contributed by atoms with Gasteiger partial charge in [0.25, 0.3) is 0 Å². The summed E-state index contributed by atoms with van der Waals surface area (Å²) >= 11 is 12.2. The predicted molar refractivity (Wildman–Crippen MR) is 78.0 cm³/mol. The van der Waals surface area contributed by atoms with Gasteiger partial charge in [-0.3, -0.25) is 0 Å². The predicted octanol–water partition coefficient (Wildman–Crippen LogP) is 3.95. The minimum Gasteiger partial charge on any atom is -0.382 e. The van der Waals surface area contributed by atoms with E-state index in [4.69, 9.17) is 37.4 Å². The van der Waals surface area contributed by atoms with Crippen molar-refractivity contribution in [2.24, 2.45) is 0 Å². The van der Waals surface area contributed by atoms with Crippen LogP contribution in [0, 0.1) is 0 Å². The largest absolute Gasteiger partial charge is 0.382 e. The van der Waals surface area contributed by atoms with Crippen molar-refractivity contribution >= 4 is 23.2 Å². The molecule has 19 heavy (non-hydrogen) atoms. The maximum atomic E-state index is 6.09. The van der Waals surface area contributed by atoms with Gasteiger partial charge in [-0.05, 0) is 18.6 Å². The Morgan fingerprint density at radius 1 is 1.11 bits per heavy atom. The Labute approximate surface area is 124 Å². The Balaban J connectivity index is 2.62. The summed E-state index contributed by atoms with van der Waals surface area (Å²) in [4.78, 5) is 0. The van der Waals surface area contributed by atoms with E-state index in [2.05, 4.69) is 0 Å². The fourth-order valence-electron chi connectivity index (χ4n) is 1.78. The van der Waals surface area contributed by atoms with E-state index in [1.165, 1.54) is 0 Å². The highest BCUT2D eigenvalue weighted by molar-refractivity contribution is 6.35. The van der Waals surface area contributed by atoms with Crippen LogP contribution in [0.5, 0.6) is 0 Å². The van der Waals surface area contributed by atoms with Crippen molar-refractivity contribution in [3.63, 3.8) is 0 Å². The fraction of sp³-hybridized carbons (Fsp3) is 0.571. The van der Waals surface area contributed by atoms with E-state index in [9.17, 15) is 0 Å². The first-order chi connectivity index (χ1) is 9.08. The summed E-state index contributed by atoms with van der Waals surface area (Å²) in [6.07, 6.45) is 0.799. The molecule has 3 nitrogen and oxygen atoms in total. The molecule has 1 unspecified atom stereocenters. The van der Waals surface area contributed by atoms with Gasteiger partial charge in [0.15, 0.2) is 0 Å². The van der Waals surface area contributed by atoms with Gasteiger partial charge in [0, 0.05) is 29.8 Å². The maximum Gasteiger partial charge on any atom is 0.114 e. The molecule has 0 saturated carbocycles. The number of halogens is 2. The molecule has 0 fully saturated rings. The lowest BCUT2D eigenvalue weighted by Crippen LogP contribution is -2.40. The second kappa shape index (κ2) is 8.08. The lowest BCUT2D eigenvalue weighted by molar-refractivity contribution is -0.116. The van der Waals surface area contributed by atoms with Crippen molar-refractivity contribution in [3.05, 3.63) is 33.8 Å². The molecule has 0 bridgehead atoms. The fourth-order valence-corrected chi connectivity index (χ4v) is 2.29. The molecule has 0 amide bonds. The molecule has 108 valence electrons. The van der Waals surface area contributed by atoms with Crippen molar-refractivity contribution in [3.8, 4) is 0 Å². The van der Waals surface area contributed by atoms with Crippen LogP contribution in [0.2, 0.25) is 10.0 Å². The number of rotatable bonds is 8. The third-order valence-corrected chi connectivity index (χ3v) is 3.87. The highest BCUT2D eigenvalue weighted by Crippen LogP contribution is 2.26. The Hall–Kier alpha value is -0.320. The van der Waals surface area contributed by atoms with Gasteiger partial charge in [-0.2, -0.15) is 0 Å². The molecule has 0 heterocycles. The highest BCUT2D eigenvalue weighted by Gasteiger charge is 2.28.